The summed E-state index contributed by atoms with van der Waals surface area (Å²) >= 11 is 0. The van der Waals surface area contributed by atoms with Crippen LogP contribution >= 0.6 is 0 Å². The molecule has 0 unspecified atom stereocenters. The molecule has 0 radical (unpaired) electrons. The van der Waals surface area contributed by atoms with Crippen LogP contribution in [0.15, 0.2) is 55.4 Å². The zero-order valence-corrected chi connectivity index (χ0v) is 13.8. The predicted octanol–water partition coefficient (Wildman–Crippen LogP) is 2.79. The first kappa shape index (κ1) is 15.4. The van der Waals surface area contributed by atoms with Crippen molar-refractivity contribution in [1.82, 2.24) is 24.9 Å². The molecule has 1 N–H and O–H groups in total. The largest absolute Gasteiger partial charge is 0.355 e. The Balaban J connectivity index is 1.42. The van der Waals surface area contributed by atoms with Crippen molar-refractivity contribution in [2.45, 2.75) is 18.8 Å². The molecule has 0 bridgehead atoms. The summed E-state index contributed by atoms with van der Waals surface area (Å²) in [5, 5.41) is 3.16. The third kappa shape index (κ3) is 3.71. The quantitative estimate of drug-likeness (QED) is 0.786. The normalized spacial score (nSPS) is 15.1. The minimum absolute atomic E-state index is 0.521. The number of nitrogens with one attached hydrogen (secondary N) is 1. The van der Waals surface area contributed by atoms with Gasteiger partial charge in [-0.1, -0.05) is 0 Å². The van der Waals surface area contributed by atoms with Crippen molar-refractivity contribution in [3.05, 3.63) is 60.9 Å². The number of pyridine rings is 1. The molecule has 4 heterocycles. The highest BCUT2D eigenvalue weighted by atomic mass is 15.2. The van der Waals surface area contributed by atoms with Crippen molar-refractivity contribution in [2.24, 2.45) is 0 Å². The van der Waals surface area contributed by atoms with Gasteiger partial charge in [0, 0.05) is 44.1 Å². The molecule has 1 aliphatic rings. The van der Waals surface area contributed by atoms with Gasteiger partial charge < -0.3 is 10.2 Å². The van der Waals surface area contributed by atoms with Crippen LogP contribution < -0.4 is 10.2 Å². The molecule has 3 aromatic heterocycles. The van der Waals surface area contributed by atoms with Gasteiger partial charge in [0.1, 0.15) is 11.6 Å². The van der Waals surface area contributed by atoms with Gasteiger partial charge in [-0.25, -0.2) is 19.9 Å². The summed E-state index contributed by atoms with van der Waals surface area (Å²) in [5.41, 5.74) is 1.30. The van der Waals surface area contributed by atoms with Crippen molar-refractivity contribution in [3.63, 3.8) is 0 Å². The lowest BCUT2D eigenvalue weighted by Gasteiger charge is -2.32. The van der Waals surface area contributed by atoms with Crippen LogP contribution in [0, 0.1) is 0 Å². The maximum Gasteiger partial charge on any atom is 0.228 e. The lowest BCUT2D eigenvalue weighted by Crippen LogP contribution is -2.33. The van der Waals surface area contributed by atoms with Crippen LogP contribution in [-0.4, -0.2) is 38.0 Å². The monoisotopic (exact) mass is 333 g/mol. The molecule has 0 saturated carbocycles. The van der Waals surface area contributed by atoms with E-state index in [0.29, 0.717) is 11.9 Å². The molecule has 1 fully saturated rings. The smallest absolute Gasteiger partial charge is 0.228 e. The van der Waals surface area contributed by atoms with Gasteiger partial charge in [0.15, 0.2) is 0 Å². The summed E-state index contributed by atoms with van der Waals surface area (Å²) in [6.07, 6.45) is 12.7. The first-order valence-corrected chi connectivity index (χ1v) is 8.39. The molecule has 4 rings (SSSR count). The van der Waals surface area contributed by atoms with Crippen molar-refractivity contribution < 1.29 is 0 Å². The van der Waals surface area contributed by atoms with Crippen LogP contribution in [0.5, 0.6) is 0 Å². The number of hydrogen-bond acceptors (Lipinski definition) is 7. The van der Waals surface area contributed by atoms with Gasteiger partial charge in [-0.3, -0.25) is 4.98 Å². The summed E-state index contributed by atoms with van der Waals surface area (Å²) in [5.74, 6) is 2.82. The Morgan fingerprint density at radius 3 is 2.52 bits per heavy atom. The molecule has 1 saturated heterocycles. The molecule has 7 nitrogen and oxygen atoms in total. The third-order valence-corrected chi connectivity index (χ3v) is 4.43. The average molecular weight is 333 g/mol. The Labute approximate surface area is 146 Å². The van der Waals surface area contributed by atoms with Crippen LogP contribution in [-0.2, 0) is 0 Å². The molecule has 126 valence electrons. The van der Waals surface area contributed by atoms with E-state index in [1.165, 1.54) is 5.56 Å². The fraction of sp³-hybridized carbons (Fsp3) is 0.278. The molecule has 0 atom stereocenters. The van der Waals surface area contributed by atoms with Gasteiger partial charge in [-0.15, -0.1) is 0 Å². The van der Waals surface area contributed by atoms with Gasteiger partial charge in [0.25, 0.3) is 0 Å². The van der Waals surface area contributed by atoms with Crippen LogP contribution in [0.25, 0.3) is 0 Å². The van der Waals surface area contributed by atoms with Gasteiger partial charge >= 0.3 is 0 Å². The van der Waals surface area contributed by atoms with Gasteiger partial charge in [0.05, 0.1) is 6.20 Å². The SMILES string of the molecule is c1cnc(Nc2cc(C3CCN(c4cnccn4)CC3)ccn2)nc1. The second kappa shape index (κ2) is 7.21. The van der Waals surface area contributed by atoms with Gasteiger partial charge in [-0.2, -0.15) is 0 Å². The minimum atomic E-state index is 0.521. The van der Waals surface area contributed by atoms with E-state index in [4.69, 9.17) is 0 Å². The third-order valence-electron chi connectivity index (χ3n) is 4.43. The topological polar surface area (TPSA) is 79.7 Å². The van der Waals surface area contributed by atoms with Crippen molar-refractivity contribution in [1.29, 1.82) is 0 Å². The molecular formula is C18H19N7. The maximum absolute atomic E-state index is 4.39. The highest BCUT2D eigenvalue weighted by Gasteiger charge is 2.21. The second-order valence-corrected chi connectivity index (χ2v) is 6.00. The highest BCUT2D eigenvalue weighted by Crippen LogP contribution is 2.30. The van der Waals surface area contributed by atoms with E-state index in [0.717, 1.165) is 37.6 Å². The fourth-order valence-corrected chi connectivity index (χ4v) is 3.14. The summed E-state index contributed by atoms with van der Waals surface area (Å²) < 4.78 is 0. The second-order valence-electron chi connectivity index (χ2n) is 6.00. The van der Waals surface area contributed by atoms with Crippen LogP contribution in [0.1, 0.15) is 24.3 Å². The molecule has 1 aliphatic heterocycles. The molecule has 0 spiro atoms. The van der Waals surface area contributed by atoms with E-state index >= 15 is 0 Å². The fourth-order valence-electron chi connectivity index (χ4n) is 3.14. The number of aromatic nitrogens is 5. The van der Waals surface area contributed by atoms with E-state index in [2.05, 4.69) is 47.3 Å². The first-order chi connectivity index (χ1) is 12.4. The van der Waals surface area contributed by atoms with Crippen molar-refractivity contribution >= 4 is 17.6 Å². The van der Waals surface area contributed by atoms with E-state index in [-0.39, 0.29) is 0 Å². The number of rotatable bonds is 4. The Morgan fingerprint density at radius 2 is 1.76 bits per heavy atom. The van der Waals surface area contributed by atoms with E-state index < -0.39 is 0 Å². The summed E-state index contributed by atoms with van der Waals surface area (Å²) in [7, 11) is 0. The average Bonchev–Trinajstić information content (AvgIpc) is 2.70. The van der Waals surface area contributed by atoms with Crippen molar-refractivity contribution in [3.8, 4) is 0 Å². The molecule has 25 heavy (non-hydrogen) atoms. The first-order valence-electron chi connectivity index (χ1n) is 8.39. The molecule has 0 aliphatic carbocycles. The molecule has 7 heteroatoms. The Kier molecular flexibility index (Phi) is 4.45. The highest BCUT2D eigenvalue weighted by molar-refractivity contribution is 5.49. The molecular weight excluding hydrogens is 314 g/mol. The Bertz CT molecular complexity index is 802. The predicted molar refractivity (Wildman–Crippen MR) is 95.8 cm³/mol. The number of piperidine rings is 1. The van der Waals surface area contributed by atoms with Crippen molar-refractivity contribution in [2.75, 3.05) is 23.3 Å². The van der Waals surface area contributed by atoms with Crippen LogP contribution in [0.4, 0.5) is 17.6 Å². The standard InChI is InChI=1S/C18H19N7/c1-5-22-18(23-6-1)24-16-12-15(2-7-20-16)14-3-10-25(11-4-14)17-13-19-8-9-21-17/h1-2,5-9,12-14H,3-4,10-11H2,(H,20,22,23,24). The zero-order valence-electron chi connectivity index (χ0n) is 13.8. The molecule has 0 aromatic carbocycles. The van der Waals surface area contributed by atoms with E-state index in [9.17, 15) is 0 Å². The minimum Gasteiger partial charge on any atom is -0.355 e. The summed E-state index contributed by atoms with van der Waals surface area (Å²) in [6.45, 7) is 1.96. The summed E-state index contributed by atoms with van der Waals surface area (Å²) in [4.78, 5) is 23.6. The Morgan fingerprint density at radius 1 is 0.920 bits per heavy atom. The van der Waals surface area contributed by atoms with Crippen LogP contribution in [0.2, 0.25) is 0 Å². The Hall–Kier alpha value is -3.09. The van der Waals surface area contributed by atoms with E-state index in [1.54, 1.807) is 30.9 Å². The lowest BCUT2D eigenvalue weighted by atomic mass is 9.90. The van der Waals surface area contributed by atoms with Crippen LogP contribution in [0.3, 0.4) is 0 Å². The van der Waals surface area contributed by atoms with E-state index in [1.807, 2.05) is 12.4 Å². The van der Waals surface area contributed by atoms with Gasteiger partial charge in [-0.05, 0) is 42.5 Å². The number of nitrogens with zero attached hydrogens (tertiary/aromatic N) is 6. The maximum atomic E-state index is 4.39. The number of anilines is 3. The molecule has 3 aromatic rings. The molecule has 0 amide bonds. The lowest BCUT2D eigenvalue weighted by molar-refractivity contribution is 0.502. The summed E-state index contributed by atoms with van der Waals surface area (Å²) in [6, 6.07) is 5.98. The zero-order chi connectivity index (χ0) is 16.9. The number of hydrogen-bond donors (Lipinski definition) is 1. The van der Waals surface area contributed by atoms with Gasteiger partial charge in [0.2, 0.25) is 5.95 Å².